The molecule has 1 heterocycles. The third-order valence-corrected chi connectivity index (χ3v) is 5.27. The van der Waals surface area contributed by atoms with Crippen molar-refractivity contribution < 1.29 is 9.53 Å². The van der Waals surface area contributed by atoms with Gasteiger partial charge >= 0.3 is 0 Å². The summed E-state index contributed by atoms with van der Waals surface area (Å²) in [4.78, 5) is 13.9. The number of rotatable bonds is 4. The minimum atomic E-state index is -0.186. The number of hydrogen-bond donors (Lipinski definition) is 0. The first kappa shape index (κ1) is 17.3. The van der Waals surface area contributed by atoms with Crippen LogP contribution in [-0.2, 0) is 11.4 Å². The summed E-state index contributed by atoms with van der Waals surface area (Å²) in [7, 11) is 0. The Bertz CT molecular complexity index is 837. The number of thiocarbonyl (C=S) groups is 1. The van der Waals surface area contributed by atoms with E-state index in [2.05, 4.69) is 6.58 Å². The first-order chi connectivity index (χ1) is 11.5. The maximum Gasteiger partial charge on any atom is 0.270 e. The number of amides is 1. The van der Waals surface area contributed by atoms with Crippen molar-refractivity contribution in [2.75, 3.05) is 4.90 Å². The van der Waals surface area contributed by atoms with E-state index in [-0.39, 0.29) is 5.91 Å². The predicted molar refractivity (Wildman–Crippen MR) is 104 cm³/mol. The molecule has 122 valence electrons. The summed E-state index contributed by atoms with van der Waals surface area (Å²) in [6, 6.07) is 12.5. The van der Waals surface area contributed by atoms with Crippen molar-refractivity contribution >= 4 is 63.1 Å². The van der Waals surface area contributed by atoms with Crippen LogP contribution in [0.1, 0.15) is 5.56 Å². The molecule has 0 aliphatic carbocycles. The van der Waals surface area contributed by atoms with Crippen LogP contribution < -0.4 is 9.64 Å². The minimum Gasteiger partial charge on any atom is -0.489 e. The molecule has 3 rings (SSSR count). The first-order valence-electron chi connectivity index (χ1n) is 6.87. The predicted octanol–water partition coefficient (Wildman–Crippen LogP) is 5.45. The zero-order valence-electron chi connectivity index (χ0n) is 12.3. The molecule has 1 amide bonds. The van der Waals surface area contributed by atoms with Crippen molar-refractivity contribution in [2.24, 2.45) is 0 Å². The second-order valence-corrected chi connectivity index (χ2v) is 7.51. The van der Waals surface area contributed by atoms with E-state index in [0.29, 0.717) is 37.3 Å². The van der Waals surface area contributed by atoms with Crippen molar-refractivity contribution in [2.45, 2.75) is 6.61 Å². The van der Waals surface area contributed by atoms with Crippen molar-refractivity contribution in [3.63, 3.8) is 0 Å². The molecule has 0 saturated carbocycles. The molecule has 3 nitrogen and oxygen atoms in total. The van der Waals surface area contributed by atoms with Gasteiger partial charge in [-0.1, -0.05) is 59.8 Å². The molecule has 1 saturated heterocycles. The summed E-state index contributed by atoms with van der Waals surface area (Å²) in [5.41, 5.74) is 1.61. The van der Waals surface area contributed by atoms with Crippen LogP contribution in [0.4, 0.5) is 5.69 Å². The highest BCUT2D eigenvalue weighted by molar-refractivity contribution is 8.27. The number of carbonyl (C=O) groups excluding carboxylic acids is 1. The number of halogens is 2. The Morgan fingerprint density at radius 1 is 1.12 bits per heavy atom. The Labute approximate surface area is 159 Å². The average Bonchev–Trinajstić information content (AvgIpc) is 2.82. The SMILES string of the molecule is C=C1SC(=S)N(c2ccc(OCc3ccc(Cl)c(Cl)c3)cc2)C1=O. The molecule has 0 aromatic heterocycles. The van der Waals surface area contributed by atoms with Crippen molar-refractivity contribution in [3.8, 4) is 5.75 Å². The maximum atomic E-state index is 12.0. The summed E-state index contributed by atoms with van der Waals surface area (Å²) < 4.78 is 6.20. The molecular weight excluding hydrogens is 385 g/mol. The number of thioether (sulfide) groups is 1. The first-order valence-corrected chi connectivity index (χ1v) is 8.86. The van der Waals surface area contributed by atoms with Crippen LogP contribution in [0.5, 0.6) is 5.75 Å². The van der Waals surface area contributed by atoms with E-state index < -0.39 is 0 Å². The van der Waals surface area contributed by atoms with Crippen LogP contribution in [0, 0.1) is 0 Å². The van der Waals surface area contributed by atoms with Crippen molar-refractivity contribution in [1.29, 1.82) is 0 Å². The quantitative estimate of drug-likeness (QED) is 0.508. The fraction of sp³-hybridized carbons (Fsp3) is 0.0588. The van der Waals surface area contributed by atoms with Gasteiger partial charge in [0.2, 0.25) is 0 Å². The van der Waals surface area contributed by atoms with Crippen LogP contribution in [-0.4, -0.2) is 10.2 Å². The number of ether oxygens (including phenoxy) is 1. The molecule has 2 aromatic carbocycles. The Hall–Kier alpha value is -1.53. The second-order valence-electron chi connectivity index (χ2n) is 4.96. The molecule has 24 heavy (non-hydrogen) atoms. The van der Waals surface area contributed by atoms with E-state index in [4.69, 9.17) is 40.2 Å². The number of nitrogens with zero attached hydrogens (tertiary/aromatic N) is 1. The fourth-order valence-electron chi connectivity index (χ4n) is 2.11. The zero-order valence-corrected chi connectivity index (χ0v) is 15.4. The van der Waals surface area contributed by atoms with Gasteiger partial charge in [0.15, 0.2) is 4.32 Å². The lowest BCUT2D eigenvalue weighted by atomic mass is 10.2. The lowest BCUT2D eigenvalue weighted by Gasteiger charge is -2.15. The highest BCUT2D eigenvalue weighted by atomic mass is 35.5. The number of benzene rings is 2. The molecule has 0 N–H and O–H groups in total. The van der Waals surface area contributed by atoms with Crippen LogP contribution in [0.15, 0.2) is 53.9 Å². The Morgan fingerprint density at radius 2 is 1.83 bits per heavy atom. The Kier molecular flexibility index (Phi) is 5.15. The molecule has 2 aromatic rings. The van der Waals surface area contributed by atoms with Gasteiger partial charge in [-0.05, 0) is 42.0 Å². The van der Waals surface area contributed by atoms with Gasteiger partial charge in [0.25, 0.3) is 5.91 Å². The van der Waals surface area contributed by atoms with Crippen LogP contribution in [0.2, 0.25) is 10.0 Å². The Balaban J connectivity index is 1.68. The summed E-state index contributed by atoms with van der Waals surface area (Å²) in [5.74, 6) is 0.489. The molecular formula is C17H11Cl2NO2S2. The average molecular weight is 396 g/mol. The molecule has 7 heteroatoms. The van der Waals surface area contributed by atoms with Crippen LogP contribution in [0.25, 0.3) is 0 Å². The third-order valence-electron chi connectivity index (χ3n) is 3.32. The smallest absolute Gasteiger partial charge is 0.270 e. The minimum absolute atomic E-state index is 0.186. The molecule has 1 aliphatic rings. The number of anilines is 1. The molecule has 0 radical (unpaired) electrons. The van der Waals surface area contributed by atoms with E-state index in [1.807, 2.05) is 6.07 Å². The largest absolute Gasteiger partial charge is 0.489 e. The molecule has 0 bridgehead atoms. The summed E-state index contributed by atoms with van der Waals surface area (Å²) >= 11 is 18.3. The third kappa shape index (κ3) is 3.59. The summed E-state index contributed by atoms with van der Waals surface area (Å²) in [6.07, 6.45) is 0. The standard InChI is InChI=1S/C17H11Cl2NO2S2/c1-10-16(21)20(17(23)24-10)12-3-5-13(6-4-12)22-9-11-2-7-14(18)15(19)8-11/h2-8H,1,9H2. The molecule has 0 unspecified atom stereocenters. The van der Waals surface area contributed by atoms with Gasteiger partial charge in [-0.3, -0.25) is 9.69 Å². The zero-order chi connectivity index (χ0) is 17.3. The fourth-order valence-corrected chi connectivity index (χ4v) is 3.59. The van der Waals surface area contributed by atoms with Gasteiger partial charge in [-0.2, -0.15) is 0 Å². The highest BCUT2D eigenvalue weighted by Gasteiger charge is 2.31. The van der Waals surface area contributed by atoms with Gasteiger partial charge in [0.05, 0.1) is 20.6 Å². The van der Waals surface area contributed by atoms with Crippen molar-refractivity contribution in [3.05, 3.63) is 69.6 Å². The van der Waals surface area contributed by atoms with E-state index in [1.165, 1.54) is 16.7 Å². The lowest BCUT2D eigenvalue weighted by Crippen LogP contribution is -2.27. The topological polar surface area (TPSA) is 29.5 Å². The maximum absolute atomic E-state index is 12.0. The van der Waals surface area contributed by atoms with Gasteiger partial charge in [0.1, 0.15) is 12.4 Å². The molecule has 0 atom stereocenters. The van der Waals surface area contributed by atoms with Gasteiger partial charge in [-0.15, -0.1) is 0 Å². The van der Waals surface area contributed by atoms with E-state index in [0.717, 1.165) is 5.56 Å². The second kappa shape index (κ2) is 7.15. The highest BCUT2D eigenvalue weighted by Crippen LogP contribution is 2.34. The monoisotopic (exact) mass is 395 g/mol. The van der Waals surface area contributed by atoms with E-state index in [9.17, 15) is 4.79 Å². The normalized spacial score (nSPS) is 14.4. The van der Waals surface area contributed by atoms with E-state index in [1.54, 1.807) is 36.4 Å². The van der Waals surface area contributed by atoms with Gasteiger partial charge < -0.3 is 4.74 Å². The van der Waals surface area contributed by atoms with Crippen LogP contribution in [0.3, 0.4) is 0 Å². The lowest BCUT2D eigenvalue weighted by molar-refractivity contribution is -0.113. The van der Waals surface area contributed by atoms with E-state index >= 15 is 0 Å². The number of carbonyl (C=O) groups is 1. The number of hydrogen-bond acceptors (Lipinski definition) is 4. The molecule has 1 aliphatic heterocycles. The van der Waals surface area contributed by atoms with Crippen LogP contribution >= 0.6 is 47.2 Å². The Morgan fingerprint density at radius 3 is 2.42 bits per heavy atom. The summed E-state index contributed by atoms with van der Waals surface area (Å²) in [5, 5.41) is 1.00. The van der Waals surface area contributed by atoms with Crippen molar-refractivity contribution in [1.82, 2.24) is 0 Å². The molecule has 1 fully saturated rings. The van der Waals surface area contributed by atoms with Gasteiger partial charge in [0, 0.05) is 0 Å². The summed E-state index contributed by atoms with van der Waals surface area (Å²) in [6.45, 7) is 4.06. The molecule has 0 spiro atoms. The van der Waals surface area contributed by atoms with Gasteiger partial charge in [-0.25, -0.2) is 0 Å².